The van der Waals surface area contributed by atoms with Gasteiger partial charge in [0.05, 0.1) is 29.8 Å². The normalized spacial score (nSPS) is 15.8. The number of hydrogen-bond acceptors (Lipinski definition) is 6. The number of morpholine rings is 1. The molecule has 7 nitrogen and oxygen atoms in total. The van der Waals surface area contributed by atoms with Crippen molar-refractivity contribution in [2.24, 2.45) is 0 Å². The quantitative estimate of drug-likeness (QED) is 0.790. The summed E-state index contributed by atoms with van der Waals surface area (Å²) in [6, 6.07) is 1.68. The molecule has 3 rings (SSSR count). The summed E-state index contributed by atoms with van der Waals surface area (Å²) in [5.41, 5.74) is 6.50. The van der Waals surface area contributed by atoms with Gasteiger partial charge >= 0.3 is 6.03 Å². The van der Waals surface area contributed by atoms with E-state index in [2.05, 4.69) is 20.5 Å². The molecule has 2 aromatic rings. The summed E-state index contributed by atoms with van der Waals surface area (Å²) in [7, 11) is 0. The maximum absolute atomic E-state index is 12.0. The number of thiophene rings is 1. The largest absolute Gasteiger partial charge is 0.383 e. The van der Waals surface area contributed by atoms with Crippen LogP contribution in [0.25, 0.3) is 10.1 Å². The van der Waals surface area contributed by atoms with Crippen LogP contribution in [0.5, 0.6) is 0 Å². The van der Waals surface area contributed by atoms with Gasteiger partial charge in [-0.25, -0.2) is 9.78 Å². The van der Waals surface area contributed by atoms with Crippen molar-refractivity contribution in [1.82, 2.24) is 15.2 Å². The van der Waals surface area contributed by atoms with Gasteiger partial charge in [0.1, 0.15) is 5.82 Å². The molecule has 3 heterocycles. The zero-order chi connectivity index (χ0) is 15.4. The third-order valence-corrected chi connectivity index (χ3v) is 4.53. The third kappa shape index (κ3) is 3.46. The fourth-order valence-corrected chi connectivity index (χ4v) is 3.26. The van der Waals surface area contributed by atoms with Crippen LogP contribution in [0, 0.1) is 0 Å². The number of hydrogen-bond donors (Lipinski definition) is 3. The Hall–Kier alpha value is -1.90. The first-order valence-electron chi connectivity index (χ1n) is 7.20. The highest BCUT2D eigenvalue weighted by atomic mass is 32.1. The number of ether oxygens (including phenoxy) is 1. The molecule has 8 heteroatoms. The summed E-state index contributed by atoms with van der Waals surface area (Å²) in [4.78, 5) is 18.4. The van der Waals surface area contributed by atoms with Crippen LogP contribution in [0.3, 0.4) is 0 Å². The lowest BCUT2D eigenvalue weighted by Crippen LogP contribution is -2.42. The second kappa shape index (κ2) is 6.91. The number of carbonyl (C=O) groups excluding carboxylic acids is 1. The lowest BCUT2D eigenvalue weighted by molar-refractivity contribution is 0.0388. The molecule has 0 spiro atoms. The second-order valence-corrected chi connectivity index (χ2v) is 5.97. The van der Waals surface area contributed by atoms with Gasteiger partial charge in [-0.05, 0) is 11.4 Å². The van der Waals surface area contributed by atoms with Crippen LogP contribution in [0.2, 0.25) is 0 Å². The van der Waals surface area contributed by atoms with Crippen molar-refractivity contribution in [1.29, 1.82) is 0 Å². The van der Waals surface area contributed by atoms with Crippen molar-refractivity contribution in [3.63, 3.8) is 0 Å². The molecule has 0 radical (unpaired) electrons. The maximum atomic E-state index is 12.0. The van der Waals surface area contributed by atoms with E-state index in [4.69, 9.17) is 10.5 Å². The Morgan fingerprint density at radius 3 is 3.09 bits per heavy atom. The number of urea groups is 1. The highest BCUT2D eigenvalue weighted by Crippen LogP contribution is 2.31. The summed E-state index contributed by atoms with van der Waals surface area (Å²) in [6.45, 7) is 4.79. The average Bonchev–Trinajstić information content (AvgIpc) is 3.02. The van der Waals surface area contributed by atoms with Crippen LogP contribution in [0.15, 0.2) is 17.6 Å². The van der Waals surface area contributed by atoms with E-state index in [1.807, 2.05) is 11.4 Å². The summed E-state index contributed by atoms with van der Waals surface area (Å²) >= 11 is 1.53. The minimum atomic E-state index is -0.227. The van der Waals surface area contributed by atoms with E-state index in [9.17, 15) is 4.79 Å². The molecule has 22 heavy (non-hydrogen) atoms. The zero-order valence-corrected chi connectivity index (χ0v) is 13.0. The molecule has 1 saturated heterocycles. The Balaban J connectivity index is 1.52. The van der Waals surface area contributed by atoms with Crippen molar-refractivity contribution in [2.75, 3.05) is 50.4 Å². The number of carbonyl (C=O) groups is 1. The van der Waals surface area contributed by atoms with E-state index in [0.29, 0.717) is 18.1 Å². The highest BCUT2D eigenvalue weighted by molar-refractivity contribution is 7.18. The van der Waals surface area contributed by atoms with Crippen LogP contribution < -0.4 is 16.4 Å². The number of rotatable bonds is 4. The fourth-order valence-electron chi connectivity index (χ4n) is 2.39. The number of aromatic nitrogens is 1. The molecule has 0 aliphatic carbocycles. The van der Waals surface area contributed by atoms with E-state index < -0.39 is 0 Å². The Bertz CT molecular complexity index is 654. The van der Waals surface area contributed by atoms with E-state index in [-0.39, 0.29) is 6.03 Å². The molecule has 0 bridgehead atoms. The monoisotopic (exact) mass is 321 g/mol. The molecule has 118 valence electrons. The first kappa shape index (κ1) is 15.0. The number of nitrogens with zero attached hydrogens (tertiary/aromatic N) is 2. The number of nitrogen functional groups attached to an aromatic ring is 1. The van der Waals surface area contributed by atoms with Crippen molar-refractivity contribution in [3.05, 3.63) is 17.6 Å². The summed E-state index contributed by atoms with van der Waals surface area (Å²) in [5, 5.41) is 8.50. The number of anilines is 2. The van der Waals surface area contributed by atoms with Crippen LogP contribution in [0.1, 0.15) is 0 Å². The molecule has 0 unspecified atom stereocenters. The molecule has 0 aromatic carbocycles. The van der Waals surface area contributed by atoms with Gasteiger partial charge in [-0.15, -0.1) is 11.3 Å². The van der Waals surface area contributed by atoms with E-state index in [0.717, 1.165) is 42.9 Å². The van der Waals surface area contributed by atoms with E-state index >= 15 is 0 Å². The van der Waals surface area contributed by atoms with Crippen LogP contribution in [-0.2, 0) is 4.74 Å². The van der Waals surface area contributed by atoms with Crippen molar-refractivity contribution in [3.8, 4) is 0 Å². The van der Waals surface area contributed by atoms with Crippen molar-refractivity contribution >= 4 is 39.0 Å². The Morgan fingerprint density at radius 1 is 1.45 bits per heavy atom. The lowest BCUT2D eigenvalue weighted by Gasteiger charge is -2.26. The third-order valence-electron chi connectivity index (χ3n) is 3.58. The van der Waals surface area contributed by atoms with E-state index in [1.54, 1.807) is 6.20 Å². The van der Waals surface area contributed by atoms with Gasteiger partial charge in [0.2, 0.25) is 0 Å². The molecule has 1 fully saturated rings. The van der Waals surface area contributed by atoms with E-state index in [1.165, 1.54) is 11.3 Å². The predicted octanol–water partition coefficient (Wildman–Crippen LogP) is 1.33. The van der Waals surface area contributed by atoms with Gasteiger partial charge in [0.25, 0.3) is 0 Å². The second-order valence-electron chi connectivity index (χ2n) is 5.06. The van der Waals surface area contributed by atoms with Gasteiger partial charge < -0.3 is 21.1 Å². The number of pyridine rings is 1. The molecule has 0 saturated carbocycles. The molecule has 2 amide bonds. The summed E-state index contributed by atoms with van der Waals surface area (Å²) in [6.07, 6.45) is 1.59. The maximum Gasteiger partial charge on any atom is 0.319 e. The number of nitrogens with one attached hydrogen (secondary N) is 2. The number of nitrogens with two attached hydrogens (primary N) is 1. The van der Waals surface area contributed by atoms with Gasteiger partial charge in [0.15, 0.2) is 0 Å². The predicted molar refractivity (Wildman–Crippen MR) is 88.3 cm³/mol. The topological polar surface area (TPSA) is 92.5 Å². The minimum Gasteiger partial charge on any atom is -0.383 e. The van der Waals surface area contributed by atoms with Crippen molar-refractivity contribution < 1.29 is 9.53 Å². The molecular weight excluding hydrogens is 302 g/mol. The first-order valence-corrected chi connectivity index (χ1v) is 8.08. The Labute approximate surface area is 132 Å². The minimum absolute atomic E-state index is 0.227. The Morgan fingerprint density at radius 2 is 2.27 bits per heavy atom. The first-order chi connectivity index (χ1) is 10.7. The summed E-state index contributed by atoms with van der Waals surface area (Å²) in [5.74, 6) is 0.481. The zero-order valence-electron chi connectivity index (χ0n) is 12.2. The fraction of sp³-hybridized carbons (Fsp3) is 0.429. The molecule has 0 atom stereocenters. The number of fused-ring (bicyclic) bond motifs is 1. The highest BCUT2D eigenvalue weighted by Gasteiger charge is 2.12. The number of amides is 2. The standard InChI is InChI=1S/C14H19N5O2S/c15-13-10-1-8-22-12(10)11(9-17-13)18-14(20)16-2-3-19-4-6-21-7-5-19/h1,8-9H,2-7H2,(H2,15,17)(H2,16,18,20). The van der Waals surface area contributed by atoms with Gasteiger partial charge in [0, 0.05) is 31.6 Å². The average molecular weight is 321 g/mol. The smallest absolute Gasteiger partial charge is 0.319 e. The van der Waals surface area contributed by atoms with Gasteiger partial charge in [-0.1, -0.05) is 0 Å². The molecule has 2 aromatic heterocycles. The molecule has 1 aliphatic heterocycles. The summed E-state index contributed by atoms with van der Waals surface area (Å²) < 4.78 is 6.23. The lowest BCUT2D eigenvalue weighted by atomic mass is 10.3. The van der Waals surface area contributed by atoms with Crippen LogP contribution in [-0.4, -0.2) is 55.3 Å². The Kier molecular flexibility index (Phi) is 4.71. The molecule has 4 N–H and O–H groups in total. The van der Waals surface area contributed by atoms with Crippen molar-refractivity contribution in [2.45, 2.75) is 0 Å². The molecular formula is C14H19N5O2S. The van der Waals surface area contributed by atoms with Gasteiger partial charge in [-0.3, -0.25) is 4.90 Å². The van der Waals surface area contributed by atoms with Gasteiger partial charge in [-0.2, -0.15) is 0 Å². The van der Waals surface area contributed by atoms with Crippen LogP contribution >= 0.6 is 11.3 Å². The van der Waals surface area contributed by atoms with Crippen LogP contribution in [0.4, 0.5) is 16.3 Å². The molecule has 1 aliphatic rings. The SMILES string of the molecule is Nc1ncc(NC(=O)NCCN2CCOCC2)c2sccc12.